The lowest BCUT2D eigenvalue weighted by atomic mass is 10.1. The van der Waals surface area contributed by atoms with Gasteiger partial charge in [0.1, 0.15) is 15.8 Å². The van der Waals surface area contributed by atoms with Crippen LogP contribution in [0, 0.1) is 0 Å². The van der Waals surface area contributed by atoms with E-state index in [9.17, 15) is 18.0 Å². The Hall–Kier alpha value is -3.05. The van der Waals surface area contributed by atoms with Crippen molar-refractivity contribution in [2.75, 3.05) is 38.3 Å². The maximum absolute atomic E-state index is 13.1. The van der Waals surface area contributed by atoms with Crippen LogP contribution < -0.4 is 10.9 Å². The van der Waals surface area contributed by atoms with E-state index >= 15 is 0 Å². The lowest BCUT2D eigenvalue weighted by Gasteiger charge is -2.12. The van der Waals surface area contributed by atoms with E-state index in [0.717, 1.165) is 35.5 Å². The molecule has 0 radical (unpaired) electrons. The van der Waals surface area contributed by atoms with Crippen molar-refractivity contribution in [3.8, 4) is 5.82 Å². The van der Waals surface area contributed by atoms with Gasteiger partial charge < -0.3 is 10.2 Å². The molecular formula is C25H25ClN4O4S2. The summed E-state index contributed by atoms with van der Waals surface area (Å²) >= 11 is 6.73. The Balaban J connectivity index is 1.46. The molecule has 0 saturated carbocycles. The van der Waals surface area contributed by atoms with Crippen molar-refractivity contribution in [2.45, 2.75) is 10.6 Å². The number of thiophene rings is 1. The first-order valence-electron chi connectivity index (χ1n) is 11.1. The molecule has 0 amide bonds. The summed E-state index contributed by atoms with van der Waals surface area (Å²) in [5.41, 5.74) is 1.30. The summed E-state index contributed by atoms with van der Waals surface area (Å²) < 4.78 is 26.7. The summed E-state index contributed by atoms with van der Waals surface area (Å²) in [7, 11) is 0.284. The molecule has 8 nitrogen and oxygen atoms in total. The summed E-state index contributed by atoms with van der Waals surface area (Å²) in [6.45, 7) is 1.69. The molecule has 3 aromatic heterocycles. The molecule has 1 N–H and O–H groups in total. The second-order valence-electron chi connectivity index (χ2n) is 8.58. The van der Waals surface area contributed by atoms with E-state index in [1.165, 1.54) is 22.9 Å². The average molecular weight is 545 g/mol. The van der Waals surface area contributed by atoms with Gasteiger partial charge in [0.2, 0.25) is 0 Å². The predicted octanol–water partition coefficient (Wildman–Crippen LogP) is 3.66. The molecule has 0 spiro atoms. The Morgan fingerprint density at radius 1 is 1.14 bits per heavy atom. The van der Waals surface area contributed by atoms with Crippen LogP contribution in [-0.4, -0.2) is 61.6 Å². The molecule has 0 aliphatic heterocycles. The standard InChI is InChI=1S/C25H25ClN4O4S2/c1-29(2)12-10-27-19-4-5-21-18(14-19)9-11-30(25(21)32)23-7-3-17(15-28-23)13-20(31)16-36(33,34)24-8-6-22(26)35-24/h3-9,11,14-15,27H,10,12-13,16H2,1-2H3. The average Bonchev–Trinajstić information content (AvgIpc) is 3.27. The number of rotatable bonds is 10. The lowest BCUT2D eigenvalue weighted by molar-refractivity contribution is -0.116. The number of anilines is 1. The van der Waals surface area contributed by atoms with Crippen molar-refractivity contribution >= 4 is 55.0 Å². The number of pyridine rings is 2. The fourth-order valence-corrected chi connectivity index (χ4v) is 6.46. The fourth-order valence-electron chi connectivity index (χ4n) is 3.65. The number of hydrogen-bond donors (Lipinski definition) is 1. The van der Waals surface area contributed by atoms with Gasteiger partial charge in [-0.15, -0.1) is 11.3 Å². The van der Waals surface area contributed by atoms with Crippen molar-refractivity contribution in [2.24, 2.45) is 0 Å². The van der Waals surface area contributed by atoms with Gasteiger partial charge in [0, 0.05) is 43.0 Å². The van der Waals surface area contributed by atoms with Gasteiger partial charge in [-0.25, -0.2) is 13.4 Å². The number of hydrogen-bond acceptors (Lipinski definition) is 8. The van der Waals surface area contributed by atoms with E-state index in [2.05, 4.69) is 15.2 Å². The van der Waals surface area contributed by atoms with Crippen molar-refractivity contribution in [3.05, 3.63) is 81.2 Å². The Bertz CT molecular complexity index is 1560. The van der Waals surface area contributed by atoms with Gasteiger partial charge in [0.25, 0.3) is 5.56 Å². The highest BCUT2D eigenvalue weighted by atomic mass is 35.5. The van der Waals surface area contributed by atoms with Gasteiger partial charge in [-0.1, -0.05) is 17.7 Å². The number of benzene rings is 1. The molecule has 188 valence electrons. The second-order valence-corrected chi connectivity index (χ2v) is 12.5. The number of ketones is 1. The molecule has 3 heterocycles. The first-order chi connectivity index (χ1) is 17.1. The quantitative estimate of drug-likeness (QED) is 0.325. The van der Waals surface area contributed by atoms with Crippen LogP contribution in [-0.2, 0) is 21.1 Å². The van der Waals surface area contributed by atoms with Crippen molar-refractivity contribution in [3.63, 3.8) is 0 Å². The molecule has 4 rings (SSSR count). The summed E-state index contributed by atoms with van der Waals surface area (Å²) in [6.07, 6.45) is 3.07. The largest absolute Gasteiger partial charge is 0.384 e. The monoisotopic (exact) mass is 544 g/mol. The Kier molecular flexibility index (Phi) is 7.89. The van der Waals surface area contributed by atoms with Crippen LogP contribution in [0.3, 0.4) is 0 Å². The minimum atomic E-state index is -3.74. The van der Waals surface area contributed by atoms with E-state index in [0.29, 0.717) is 21.1 Å². The zero-order valence-electron chi connectivity index (χ0n) is 19.8. The third kappa shape index (κ3) is 6.19. The minimum Gasteiger partial charge on any atom is -0.384 e. The van der Waals surface area contributed by atoms with Gasteiger partial charge in [-0.05, 0) is 67.5 Å². The zero-order valence-corrected chi connectivity index (χ0v) is 22.2. The molecule has 36 heavy (non-hydrogen) atoms. The molecule has 0 unspecified atom stereocenters. The molecular weight excluding hydrogens is 520 g/mol. The zero-order chi connectivity index (χ0) is 25.9. The highest BCUT2D eigenvalue weighted by molar-refractivity contribution is 7.94. The third-order valence-corrected chi connectivity index (χ3v) is 8.94. The molecule has 0 aliphatic rings. The number of aromatic nitrogens is 2. The number of fused-ring (bicyclic) bond motifs is 1. The van der Waals surface area contributed by atoms with E-state index in [1.54, 1.807) is 24.4 Å². The fraction of sp³-hybridized carbons (Fsp3) is 0.240. The SMILES string of the molecule is CN(C)CCNc1ccc2c(=O)n(-c3ccc(CC(=O)CS(=O)(=O)c4ccc(Cl)s4)cn3)ccc2c1. The summed E-state index contributed by atoms with van der Waals surface area (Å²) in [5.74, 6) is -0.652. The maximum atomic E-state index is 13.1. The molecule has 0 bridgehead atoms. The van der Waals surface area contributed by atoms with Crippen LogP contribution in [0.5, 0.6) is 0 Å². The highest BCUT2D eigenvalue weighted by Crippen LogP contribution is 2.26. The summed E-state index contributed by atoms with van der Waals surface area (Å²) in [5, 5.41) is 4.73. The van der Waals surface area contributed by atoms with E-state index in [-0.39, 0.29) is 16.2 Å². The van der Waals surface area contributed by atoms with Gasteiger partial charge in [0.05, 0.1) is 4.34 Å². The van der Waals surface area contributed by atoms with Gasteiger partial charge >= 0.3 is 0 Å². The van der Waals surface area contributed by atoms with Crippen molar-refractivity contribution < 1.29 is 13.2 Å². The molecule has 0 aliphatic carbocycles. The van der Waals surface area contributed by atoms with Gasteiger partial charge in [-0.3, -0.25) is 14.2 Å². The number of sulfone groups is 1. The summed E-state index contributed by atoms with van der Waals surface area (Å²) in [4.78, 5) is 31.9. The molecule has 0 fully saturated rings. The predicted molar refractivity (Wildman–Crippen MR) is 144 cm³/mol. The lowest BCUT2D eigenvalue weighted by Crippen LogP contribution is -2.21. The van der Waals surface area contributed by atoms with Crippen molar-refractivity contribution in [1.29, 1.82) is 0 Å². The van der Waals surface area contributed by atoms with Crippen LogP contribution in [0.15, 0.2) is 69.9 Å². The van der Waals surface area contributed by atoms with E-state index < -0.39 is 21.4 Å². The van der Waals surface area contributed by atoms with E-state index in [1.807, 2.05) is 32.3 Å². The number of carbonyl (C=O) groups is 1. The van der Waals surface area contributed by atoms with Crippen LogP contribution >= 0.6 is 22.9 Å². The molecule has 0 atom stereocenters. The van der Waals surface area contributed by atoms with Gasteiger partial charge in [-0.2, -0.15) is 0 Å². The number of Topliss-reactive ketones (excluding diaryl/α,β-unsaturated/α-hetero) is 1. The number of likely N-dealkylation sites (N-methyl/N-ethyl adjacent to an activating group) is 1. The normalized spacial score (nSPS) is 11.8. The Morgan fingerprint density at radius 2 is 1.94 bits per heavy atom. The van der Waals surface area contributed by atoms with Crippen LogP contribution in [0.25, 0.3) is 16.6 Å². The van der Waals surface area contributed by atoms with E-state index in [4.69, 9.17) is 11.6 Å². The van der Waals surface area contributed by atoms with Gasteiger partial charge in [0.15, 0.2) is 15.6 Å². The third-order valence-electron chi connectivity index (χ3n) is 5.46. The highest BCUT2D eigenvalue weighted by Gasteiger charge is 2.21. The number of nitrogens with one attached hydrogen (secondary N) is 1. The van der Waals surface area contributed by atoms with Crippen LogP contribution in [0.4, 0.5) is 5.69 Å². The smallest absolute Gasteiger partial charge is 0.264 e. The molecule has 11 heteroatoms. The number of nitrogens with zero attached hydrogens (tertiary/aromatic N) is 3. The summed E-state index contributed by atoms with van der Waals surface area (Å²) in [6, 6.07) is 13.7. The van der Waals surface area contributed by atoms with Crippen LogP contribution in [0.1, 0.15) is 5.56 Å². The molecule has 0 saturated heterocycles. The first kappa shape index (κ1) is 26.0. The second kappa shape index (κ2) is 10.9. The Labute approximate surface area is 218 Å². The maximum Gasteiger partial charge on any atom is 0.264 e. The Morgan fingerprint density at radius 3 is 2.61 bits per heavy atom. The topological polar surface area (TPSA) is 101 Å². The molecule has 4 aromatic rings. The molecule has 1 aromatic carbocycles. The van der Waals surface area contributed by atoms with Crippen LogP contribution in [0.2, 0.25) is 4.34 Å². The number of carbonyl (C=O) groups excluding carboxylic acids is 1. The minimum absolute atomic E-state index is 0.0708. The van der Waals surface area contributed by atoms with Crippen molar-refractivity contribution in [1.82, 2.24) is 14.5 Å². The number of halogens is 1. The first-order valence-corrected chi connectivity index (χ1v) is 14.0.